The number of fused-ring (bicyclic) bond motifs is 6. The highest BCUT2D eigenvalue weighted by molar-refractivity contribution is 5.89. The minimum absolute atomic E-state index is 0.0446. The molecule has 1 heterocycles. The summed E-state index contributed by atoms with van der Waals surface area (Å²) in [6, 6.07) is 15.0. The van der Waals surface area contributed by atoms with Crippen molar-refractivity contribution in [3.05, 3.63) is 303 Å². The summed E-state index contributed by atoms with van der Waals surface area (Å²) < 4.78 is 99.1. The Morgan fingerprint density at radius 3 is 2.26 bits per heavy atom. The van der Waals surface area contributed by atoms with Crippen molar-refractivity contribution >= 4 is 5.57 Å². The zero-order valence-electron chi connectivity index (χ0n) is 49.0. The molecule has 12 atom stereocenters. The lowest BCUT2D eigenvalue weighted by atomic mass is 9.55. The van der Waals surface area contributed by atoms with Crippen LogP contribution in [0.3, 0.4) is 0 Å². The van der Waals surface area contributed by atoms with Crippen LogP contribution in [0, 0.1) is 35.4 Å². The van der Waals surface area contributed by atoms with Crippen LogP contribution in [0.5, 0.6) is 0 Å². The van der Waals surface area contributed by atoms with Gasteiger partial charge in [0, 0.05) is 70.8 Å². The van der Waals surface area contributed by atoms with Gasteiger partial charge >= 0.3 is 0 Å². The van der Waals surface area contributed by atoms with Crippen molar-refractivity contribution < 1.29 is 31.1 Å². The average molecular weight is 1170 g/mol. The van der Waals surface area contributed by atoms with Crippen LogP contribution in [0.25, 0.3) is 5.57 Å². The molecule has 3 nitrogen and oxygen atoms in total. The first-order chi connectivity index (χ1) is 42.5. The molecular weight excluding hydrogens is 1090 g/mol. The summed E-state index contributed by atoms with van der Waals surface area (Å²) >= 11 is 0. The lowest BCUT2D eigenvalue weighted by Crippen LogP contribution is -2.46. The van der Waals surface area contributed by atoms with Gasteiger partial charge in [-0.05, 0) is 170 Å². The summed E-state index contributed by atoms with van der Waals surface area (Å²) in [6.45, 7) is 8.21. The highest BCUT2D eigenvalue weighted by atomic mass is 19.2. The fraction of sp³-hybridized carbons (Fsp3) is 0.333. The summed E-state index contributed by atoms with van der Waals surface area (Å²) in [5.41, 5.74) is 15.3. The van der Waals surface area contributed by atoms with Crippen molar-refractivity contribution in [1.82, 2.24) is 9.80 Å². The Bertz CT molecular complexity index is 3890. The molecule has 0 saturated heterocycles. The highest BCUT2D eigenvalue weighted by Gasteiger charge is 2.58. The molecule has 0 spiro atoms. The Morgan fingerprint density at radius 2 is 1.49 bits per heavy atom. The number of alkyl halides is 2. The second-order valence-electron chi connectivity index (χ2n) is 25.8. The minimum atomic E-state index is -1.73. The fourth-order valence-electron chi connectivity index (χ4n) is 17.6. The second kappa shape index (κ2) is 22.1. The van der Waals surface area contributed by atoms with Crippen LogP contribution in [0.15, 0.2) is 280 Å². The normalized spacial score (nSPS) is 33.6. The number of hydrogen-bond donors (Lipinski definition) is 0. The molecule has 13 aliphatic rings. The van der Waals surface area contributed by atoms with Crippen LogP contribution in [-0.2, 0) is 15.6 Å². The van der Waals surface area contributed by atoms with Gasteiger partial charge in [0.1, 0.15) is 35.5 Å². The lowest BCUT2D eigenvalue weighted by Gasteiger charge is -2.48. The van der Waals surface area contributed by atoms with Crippen LogP contribution in [0.1, 0.15) is 107 Å². The van der Waals surface area contributed by atoms with Gasteiger partial charge in [-0.25, -0.2) is 26.3 Å². The van der Waals surface area contributed by atoms with Crippen LogP contribution >= 0.6 is 0 Å². The van der Waals surface area contributed by atoms with E-state index in [1.165, 1.54) is 51.1 Å². The van der Waals surface area contributed by atoms with E-state index < -0.39 is 52.8 Å². The van der Waals surface area contributed by atoms with Crippen LogP contribution in [0.2, 0.25) is 0 Å². The largest absolute Gasteiger partial charge is 0.489 e. The topological polar surface area (TPSA) is 15.7 Å². The molecule has 2 aromatic carbocycles. The molecule has 12 unspecified atom stereocenters. The lowest BCUT2D eigenvalue weighted by molar-refractivity contribution is 0.139. The molecule has 9 heteroatoms. The van der Waals surface area contributed by atoms with E-state index in [0.717, 1.165) is 83.7 Å². The Hall–Kier alpha value is -7.78. The molecular formula is C78H72F6N2O. The third-order valence-electron chi connectivity index (χ3n) is 21.6. The molecule has 0 fully saturated rings. The van der Waals surface area contributed by atoms with Crippen LogP contribution in [0.4, 0.5) is 26.3 Å². The molecule has 0 radical (unpaired) electrons. The first-order valence-electron chi connectivity index (χ1n) is 31.7. The highest BCUT2D eigenvalue weighted by Crippen LogP contribution is 2.65. The standard InChI is InChI=1S/C78H72F6N2O/c1-3-47-13-17-49(18-14-47)77(51-21-25-53(79)26-22-51)67-11-7-5-9-61(67)63-35-29-55(41-69(63)77)85(57-33-39-71(81)73(83)43-57)59-31-37-65-66-38-32-60(46-76(66)87-75(65)45-59)86(58-34-40-72(82)74(84)44-58)56-30-36-64-62-10-6-8-12-68(62)78(70(64)42-56,52-23-27-54(80)28-24-52)50-19-15-48(4-2)16-20-50/h3-7,9-11,13,15,17-18,21,23-24,27-28,30-34,36-38,40-43,45,47,50,53,58,60,64-65,70-71,75H,1-2,8,12,14,16,19-20,22,25-26,29,35,39,44,46H2. The first-order valence-corrected chi connectivity index (χ1v) is 31.7. The van der Waals surface area contributed by atoms with Crippen LogP contribution in [-0.4, -0.2) is 40.3 Å². The fourth-order valence-corrected chi connectivity index (χ4v) is 17.6. The maximum Gasteiger partial charge on any atom is 0.155 e. The summed E-state index contributed by atoms with van der Waals surface area (Å²) in [5, 5.41) is 0. The molecule has 2 aromatic rings. The summed E-state index contributed by atoms with van der Waals surface area (Å²) in [5.74, 6) is -1.61. The third kappa shape index (κ3) is 9.04. The molecule has 1 aliphatic heterocycles. The Kier molecular flexibility index (Phi) is 14.2. The monoisotopic (exact) mass is 1170 g/mol. The zero-order chi connectivity index (χ0) is 59.3. The van der Waals surface area contributed by atoms with E-state index in [4.69, 9.17) is 4.74 Å². The summed E-state index contributed by atoms with van der Waals surface area (Å²) in [4.78, 5) is 4.37. The molecule has 0 bridgehead atoms. The van der Waals surface area contributed by atoms with E-state index in [0.29, 0.717) is 44.2 Å². The Labute approximate surface area is 507 Å². The predicted octanol–water partition coefficient (Wildman–Crippen LogP) is 19.5. The van der Waals surface area contributed by atoms with E-state index in [1.54, 1.807) is 24.3 Å². The number of benzene rings is 2. The smallest absolute Gasteiger partial charge is 0.155 e. The average Bonchev–Trinajstić information content (AvgIpc) is 1.58. The molecule has 12 aliphatic carbocycles. The van der Waals surface area contributed by atoms with E-state index in [9.17, 15) is 4.39 Å². The van der Waals surface area contributed by atoms with E-state index >= 15 is 22.0 Å². The summed E-state index contributed by atoms with van der Waals surface area (Å²) in [6.07, 6.45) is 51.2. The van der Waals surface area contributed by atoms with Crippen LogP contribution < -0.4 is 0 Å². The van der Waals surface area contributed by atoms with Gasteiger partial charge < -0.3 is 14.5 Å². The maximum atomic E-state index is 15.8. The van der Waals surface area contributed by atoms with Gasteiger partial charge in [-0.1, -0.05) is 157 Å². The number of ether oxygens (including phenoxy) is 1. The number of allylic oxidation sites excluding steroid dienone is 28. The van der Waals surface area contributed by atoms with Gasteiger partial charge in [0.05, 0.1) is 17.5 Å². The third-order valence-corrected chi connectivity index (χ3v) is 21.6. The first kappa shape index (κ1) is 55.8. The van der Waals surface area contributed by atoms with Gasteiger partial charge in [-0.2, -0.15) is 0 Å². The van der Waals surface area contributed by atoms with Gasteiger partial charge in [0.15, 0.2) is 12.0 Å². The van der Waals surface area contributed by atoms with E-state index in [2.05, 4.69) is 144 Å². The number of rotatable bonds is 12. The molecule has 0 aromatic heterocycles. The predicted molar refractivity (Wildman–Crippen MR) is 335 cm³/mol. The van der Waals surface area contributed by atoms with E-state index in [-0.39, 0.29) is 54.3 Å². The molecule has 0 N–H and O–H groups in total. The van der Waals surface area contributed by atoms with Crippen molar-refractivity contribution in [3.63, 3.8) is 0 Å². The van der Waals surface area contributed by atoms with E-state index in [1.807, 2.05) is 24.3 Å². The number of hydrogen-bond acceptors (Lipinski definition) is 3. The molecule has 442 valence electrons. The second-order valence-corrected chi connectivity index (χ2v) is 25.8. The SMILES string of the molecule is C=CC1=CCC(C2(c3ccc(F)cc3)C3=C(C=CCC3)C3C=CC(N(C4C=CC(F)=C(F)C4)C4C=CC5=C(C4)OC4C=C(N(C6=CCC(F)C(F)=C6)C6=CC7=C(CC6)c6ccccc6C7(C6=CCC(C=C)C=C6)C6=CCC(F)CC6)C=CC54)=CC32)CC1. The molecule has 0 amide bonds. The van der Waals surface area contributed by atoms with Crippen molar-refractivity contribution in [1.29, 1.82) is 0 Å². The zero-order valence-corrected chi connectivity index (χ0v) is 49.0. The maximum absolute atomic E-state index is 15.8. The van der Waals surface area contributed by atoms with Crippen molar-refractivity contribution in [3.8, 4) is 0 Å². The van der Waals surface area contributed by atoms with Gasteiger partial charge in [0.25, 0.3) is 0 Å². The Balaban J connectivity index is 0.783. The molecule has 0 saturated carbocycles. The van der Waals surface area contributed by atoms with Gasteiger partial charge in [0.2, 0.25) is 0 Å². The number of halogens is 6. The quantitative estimate of drug-likeness (QED) is 0.156. The van der Waals surface area contributed by atoms with Crippen molar-refractivity contribution in [2.75, 3.05) is 0 Å². The summed E-state index contributed by atoms with van der Waals surface area (Å²) in [7, 11) is 0. The molecule has 15 rings (SSSR count). The van der Waals surface area contributed by atoms with Gasteiger partial charge in [-0.3, -0.25) is 0 Å². The molecule has 87 heavy (non-hydrogen) atoms. The minimum Gasteiger partial charge on any atom is -0.489 e. The van der Waals surface area contributed by atoms with Gasteiger partial charge in [-0.15, -0.1) is 6.58 Å². The number of nitrogens with zero attached hydrogens (tertiary/aromatic N) is 2. The van der Waals surface area contributed by atoms with Crippen molar-refractivity contribution in [2.45, 2.75) is 131 Å². The van der Waals surface area contributed by atoms with Crippen molar-refractivity contribution in [2.24, 2.45) is 29.6 Å². The Morgan fingerprint density at radius 1 is 0.667 bits per heavy atom.